The molecule has 0 aliphatic carbocycles. The second-order valence-electron chi connectivity index (χ2n) is 5.35. The summed E-state index contributed by atoms with van der Waals surface area (Å²) < 4.78 is 0. The van der Waals surface area contributed by atoms with Crippen molar-refractivity contribution in [3.63, 3.8) is 0 Å². The minimum Gasteiger partial charge on any atom is -0.481 e. The van der Waals surface area contributed by atoms with Crippen molar-refractivity contribution in [3.05, 3.63) is 0 Å². The second kappa shape index (κ2) is 4.78. The zero-order chi connectivity index (χ0) is 11.5. The summed E-state index contributed by atoms with van der Waals surface area (Å²) in [4.78, 5) is 12.8. The van der Waals surface area contributed by atoms with Crippen LogP contribution in [0, 0.1) is 11.3 Å². The monoisotopic (exact) mass is 201 g/mol. The first-order valence-electron chi connectivity index (χ1n) is 5.04. The van der Waals surface area contributed by atoms with Crippen LogP contribution in [0.25, 0.3) is 0 Å². The zero-order valence-electron chi connectivity index (χ0n) is 10.2. The summed E-state index contributed by atoms with van der Waals surface area (Å²) in [5, 5.41) is 8.76. The molecule has 0 saturated carbocycles. The van der Waals surface area contributed by atoms with E-state index >= 15 is 0 Å². The van der Waals surface area contributed by atoms with Crippen LogP contribution in [-0.2, 0) is 4.79 Å². The number of carboxylic acids is 1. The molecule has 0 fully saturated rings. The molecule has 0 radical (unpaired) electrons. The van der Waals surface area contributed by atoms with E-state index in [1.165, 1.54) is 0 Å². The number of carboxylic acid groups (broad SMARTS) is 1. The van der Waals surface area contributed by atoms with Crippen LogP contribution < -0.4 is 0 Å². The molecule has 0 heterocycles. The van der Waals surface area contributed by atoms with Gasteiger partial charge in [0.25, 0.3) is 0 Å². The molecule has 0 aliphatic heterocycles. The van der Waals surface area contributed by atoms with Gasteiger partial charge in [0.2, 0.25) is 0 Å². The normalized spacial score (nSPS) is 16.8. The van der Waals surface area contributed by atoms with Crippen molar-refractivity contribution >= 4 is 5.97 Å². The Morgan fingerprint density at radius 3 is 2.00 bits per heavy atom. The van der Waals surface area contributed by atoms with E-state index in [1.807, 2.05) is 21.0 Å². The number of carbonyl (C=O) groups is 1. The maximum absolute atomic E-state index is 10.6. The van der Waals surface area contributed by atoms with Crippen LogP contribution in [0.2, 0.25) is 0 Å². The van der Waals surface area contributed by atoms with Crippen LogP contribution >= 0.6 is 0 Å². The molecular formula is C11H23NO2. The lowest BCUT2D eigenvalue weighted by atomic mass is 9.78. The minimum absolute atomic E-state index is 0.109. The van der Waals surface area contributed by atoms with Gasteiger partial charge in [-0.15, -0.1) is 0 Å². The number of hydrogen-bond acceptors (Lipinski definition) is 2. The van der Waals surface area contributed by atoms with Gasteiger partial charge in [0.05, 0.1) is 0 Å². The highest BCUT2D eigenvalue weighted by Gasteiger charge is 2.32. The van der Waals surface area contributed by atoms with Crippen LogP contribution in [0.5, 0.6) is 0 Å². The Labute approximate surface area is 87.1 Å². The molecule has 0 bridgehead atoms. The highest BCUT2D eigenvalue weighted by molar-refractivity contribution is 5.67. The van der Waals surface area contributed by atoms with E-state index in [4.69, 9.17) is 5.11 Å². The van der Waals surface area contributed by atoms with E-state index in [0.29, 0.717) is 6.04 Å². The highest BCUT2D eigenvalue weighted by atomic mass is 16.4. The predicted octanol–water partition coefficient (Wildman–Crippen LogP) is 2.07. The molecule has 0 aromatic heterocycles. The van der Waals surface area contributed by atoms with Crippen molar-refractivity contribution in [2.75, 3.05) is 14.1 Å². The summed E-state index contributed by atoms with van der Waals surface area (Å²) in [7, 11) is 4.02. The van der Waals surface area contributed by atoms with Crippen molar-refractivity contribution in [1.82, 2.24) is 4.90 Å². The molecule has 0 saturated heterocycles. The maximum Gasteiger partial charge on any atom is 0.303 e. The molecule has 0 amide bonds. The second-order valence-corrected chi connectivity index (χ2v) is 5.35. The molecule has 0 spiro atoms. The molecule has 0 aromatic rings. The highest BCUT2D eigenvalue weighted by Crippen LogP contribution is 2.30. The van der Waals surface area contributed by atoms with Gasteiger partial charge in [-0.3, -0.25) is 4.79 Å². The Morgan fingerprint density at radius 2 is 1.79 bits per heavy atom. The van der Waals surface area contributed by atoms with Crippen molar-refractivity contribution in [1.29, 1.82) is 0 Å². The standard InChI is InChI=1S/C11H23NO2/c1-8(7-9(13)14)10(12(5)6)11(2,3)4/h8,10H,7H2,1-6H3,(H,13,14). The van der Waals surface area contributed by atoms with Crippen LogP contribution in [0.15, 0.2) is 0 Å². The lowest BCUT2D eigenvalue weighted by Gasteiger charge is -2.39. The topological polar surface area (TPSA) is 40.5 Å². The predicted molar refractivity (Wildman–Crippen MR) is 58.3 cm³/mol. The smallest absolute Gasteiger partial charge is 0.303 e. The van der Waals surface area contributed by atoms with Crippen molar-refractivity contribution < 1.29 is 9.90 Å². The van der Waals surface area contributed by atoms with E-state index < -0.39 is 5.97 Å². The molecule has 3 nitrogen and oxygen atoms in total. The molecule has 14 heavy (non-hydrogen) atoms. The van der Waals surface area contributed by atoms with E-state index in [0.717, 1.165) is 0 Å². The Hall–Kier alpha value is -0.570. The number of nitrogens with zero attached hydrogens (tertiary/aromatic N) is 1. The molecule has 2 atom stereocenters. The number of aliphatic carboxylic acids is 1. The molecule has 0 aromatic carbocycles. The third-order valence-electron chi connectivity index (χ3n) is 2.48. The first kappa shape index (κ1) is 13.4. The maximum atomic E-state index is 10.6. The summed E-state index contributed by atoms with van der Waals surface area (Å²) in [5.74, 6) is -0.545. The van der Waals surface area contributed by atoms with Crippen LogP contribution in [0.1, 0.15) is 34.1 Å². The van der Waals surface area contributed by atoms with Gasteiger partial charge in [0, 0.05) is 12.5 Å². The number of rotatable bonds is 4. The summed E-state index contributed by atoms with van der Waals surface area (Å²) in [6.07, 6.45) is 0.236. The van der Waals surface area contributed by atoms with Gasteiger partial charge in [-0.2, -0.15) is 0 Å². The summed E-state index contributed by atoms with van der Waals surface area (Å²) in [5.41, 5.74) is 0.109. The zero-order valence-corrected chi connectivity index (χ0v) is 10.2. The SMILES string of the molecule is CC(CC(=O)O)C(N(C)C)C(C)(C)C. The summed E-state index contributed by atoms with van der Waals surface area (Å²) in [6.45, 7) is 8.45. The van der Waals surface area contributed by atoms with Gasteiger partial charge in [0.1, 0.15) is 0 Å². The van der Waals surface area contributed by atoms with Gasteiger partial charge >= 0.3 is 5.97 Å². The van der Waals surface area contributed by atoms with Gasteiger partial charge < -0.3 is 10.0 Å². The third kappa shape index (κ3) is 4.09. The third-order valence-corrected chi connectivity index (χ3v) is 2.48. The molecular weight excluding hydrogens is 178 g/mol. The van der Waals surface area contributed by atoms with Gasteiger partial charge in [-0.1, -0.05) is 27.7 Å². The lowest BCUT2D eigenvalue weighted by molar-refractivity contribution is -0.138. The molecule has 0 aliphatic rings. The van der Waals surface area contributed by atoms with E-state index in [-0.39, 0.29) is 17.8 Å². The first-order valence-corrected chi connectivity index (χ1v) is 5.04. The Morgan fingerprint density at radius 1 is 1.36 bits per heavy atom. The van der Waals surface area contributed by atoms with Crippen LogP contribution in [-0.4, -0.2) is 36.1 Å². The van der Waals surface area contributed by atoms with Crippen molar-refractivity contribution in [3.8, 4) is 0 Å². The lowest BCUT2D eigenvalue weighted by Crippen LogP contribution is -2.44. The Kier molecular flexibility index (Phi) is 4.59. The van der Waals surface area contributed by atoms with E-state index in [2.05, 4.69) is 25.7 Å². The minimum atomic E-state index is -0.714. The quantitative estimate of drug-likeness (QED) is 0.757. The van der Waals surface area contributed by atoms with Crippen molar-refractivity contribution in [2.45, 2.75) is 40.2 Å². The van der Waals surface area contributed by atoms with Crippen LogP contribution in [0.3, 0.4) is 0 Å². The first-order chi connectivity index (χ1) is 6.16. The molecule has 3 heteroatoms. The summed E-state index contributed by atoms with van der Waals surface area (Å²) in [6, 6.07) is 0.290. The van der Waals surface area contributed by atoms with Gasteiger partial charge in [-0.05, 0) is 25.4 Å². The largest absolute Gasteiger partial charge is 0.481 e. The van der Waals surface area contributed by atoms with Gasteiger partial charge in [-0.25, -0.2) is 0 Å². The van der Waals surface area contributed by atoms with Gasteiger partial charge in [0.15, 0.2) is 0 Å². The fraction of sp³-hybridized carbons (Fsp3) is 0.909. The number of hydrogen-bond donors (Lipinski definition) is 1. The van der Waals surface area contributed by atoms with Crippen molar-refractivity contribution in [2.24, 2.45) is 11.3 Å². The molecule has 2 unspecified atom stereocenters. The van der Waals surface area contributed by atoms with Crippen LogP contribution in [0.4, 0.5) is 0 Å². The van der Waals surface area contributed by atoms with E-state index in [1.54, 1.807) is 0 Å². The molecule has 1 N–H and O–H groups in total. The molecule has 0 rings (SSSR count). The summed E-state index contributed by atoms with van der Waals surface area (Å²) >= 11 is 0. The molecule has 84 valence electrons. The average Bonchev–Trinajstić information content (AvgIpc) is 1.78. The average molecular weight is 201 g/mol. The fourth-order valence-corrected chi connectivity index (χ4v) is 2.52. The van der Waals surface area contributed by atoms with E-state index in [9.17, 15) is 4.79 Å². The Balaban J connectivity index is 4.58. The Bertz CT molecular complexity index is 194. The fourth-order valence-electron chi connectivity index (χ4n) is 2.52.